The standard InChI is InChI=1S/C18H13ClF5N3OS/c1-2-29-13-4-5-14(19)26-16(13)11-7-10-3-6-15(28)27(12(10)8-25-11)9-17(20,21)18(22,23)24/h3-8H,2,9H2,1H3. The monoisotopic (exact) mass is 449 g/mol. The van der Waals surface area contributed by atoms with Gasteiger partial charge < -0.3 is 4.57 Å². The third-order valence-corrected chi connectivity index (χ3v) is 5.15. The van der Waals surface area contributed by atoms with Crippen molar-refractivity contribution >= 4 is 34.3 Å². The van der Waals surface area contributed by atoms with Gasteiger partial charge in [-0.25, -0.2) is 4.98 Å². The van der Waals surface area contributed by atoms with E-state index in [9.17, 15) is 26.7 Å². The summed E-state index contributed by atoms with van der Waals surface area (Å²) in [5.74, 6) is -4.32. The molecule has 3 aromatic heterocycles. The van der Waals surface area contributed by atoms with Gasteiger partial charge in [0.2, 0.25) is 0 Å². The molecule has 0 fully saturated rings. The lowest BCUT2D eigenvalue weighted by atomic mass is 10.1. The van der Waals surface area contributed by atoms with Gasteiger partial charge in [0.1, 0.15) is 10.8 Å². The molecular weight excluding hydrogens is 437 g/mol. The van der Waals surface area contributed by atoms with Gasteiger partial charge >= 0.3 is 12.1 Å². The molecule has 0 saturated heterocycles. The van der Waals surface area contributed by atoms with Crippen molar-refractivity contribution in [2.45, 2.75) is 30.5 Å². The molecule has 0 saturated carbocycles. The molecule has 0 aliphatic rings. The number of thioether (sulfide) groups is 1. The first-order valence-electron chi connectivity index (χ1n) is 8.27. The van der Waals surface area contributed by atoms with Crippen LogP contribution < -0.4 is 5.56 Å². The number of fused-ring (bicyclic) bond motifs is 1. The Kier molecular flexibility index (Phi) is 5.86. The maximum Gasteiger partial charge on any atom is 0.455 e. The topological polar surface area (TPSA) is 47.8 Å². The second-order valence-electron chi connectivity index (χ2n) is 6.00. The Bertz CT molecular complexity index is 1120. The Morgan fingerprint density at radius 2 is 1.86 bits per heavy atom. The summed E-state index contributed by atoms with van der Waals surface area (Å²) in [6.45, 7) is 0.108. The summed E-state index contributed by atoms with van der Waals surface area (Å²) in [4.78, 5) is 21.1. The third kappa shape index (κ3) is 4.37. The Morgan fingerprint density at radius 1 is 1.14 bits per heavy atom. The van der Waals surface area contributed by atoms with E-state index in [1.54, 1.807) is 12.1 Å². The van der Waals surface area contributed by atoms with E-state index in [1.807, 2.05) is 6.92 Å². The maximum atomic E-state index is 13.5. The van der Waals surface area contributed by atoms with Crippen molar-refractivity contribution in [2.24, 2.45) is 0 Å². The SMILES string of the molecule is CCSc1ccc(Cl)nc1-c1cc2ccc(=O)n(CC(F)(F)C(F)(F)F)c2cn1. The van der Waals surface area contributed by atoms with Crippen LogP contribution in [0.3, 0.4) is 0 Å². The number of rotatable bonds is 5. The van der Waals surface area contributed by atoms with Crippen LogP contribution in [0.4, 0.5) is 22.0 Å². The van der Waals surface area contributed by atoms with Crippen LogP contribution in [0.1, 0.15) is 6.92 Å². The first-order chi connectivity index (χ1) is 13.5. The smallest absolute Gasteiger partial charge is 0.300 e. The zero-order valence-corrected chi connectivity index (χ0v) is 16.4. The molecule has 3 heterocycles. The van der Waals surface area contributed by atoms with Crippen molar-refractivity contribution in [1.82, 2.24) is 14.5 Å². The van der Waals surface area contributed by atoms with Gasteiger partial charge in [-0.1, -0.05) is 18.5 Å². The van der Waals surface area contributed by atoms with Gasteiger partial charge in [-0.05, 0) is 30.0 Å². The van der Waals surface area contributed by atoms with Gasteiger partial charge in [0, 0.05) is 16.3 Å². The van der Waals surface area contributed by atoms with E-state index >= 15 is 0 Å². The second-order valence-corrected chi connectivity index (χ2v) is 7.70. The normalized spacial score (nSPS) is 12.5. The molecule has 0 spiro atoms. The Morgan fingerprint density at radius 3 is 2.52 bits per heavy atom. The minimum Gasteiger partial charge on any atom is -0.300 e. The van der Waals surface area contributed by atoms with Crippen molar-refractivity contribution in [3.05, 3.63) is 52.0 Å². The highest BCUT2D eigenvalue weighted by atomic mass is 35.5. The number of halogens is 6. The molecule has 0 bridgehead atoms. The molecule has 3 aromatic rings. The van der Waals surface area contributed by atoms with E-state index in [4.69, 9.17) is 11.6 Å². The summed E-state index contributed by atoms with van der Waals surface area (Å²) in [6.07, 6.45) is -4.69. The Hall–Kier alpha value is -2.20. The van der Waals surface area contributed by atoms with Gasteiger partial charge in [0.05, 0.1) is 24.0 Å². The van der Waals surface area contributed by atoms with Gasteiger partial charge in [-0.3, -0.25) is 9.78 Å². The number of aromatic nitrogens is 3. The van der Waals surface area contributed by atoms with Crippen LogP contribution in [-0.2, 0) is 6.54 Å². The minimum atomic E-state index is -5.78. The fourth-order valence-corrected chi connectivity index (χ4v) is 3.56. The van der Waals surface area contributed by atoms with Crippen LogP contribution in [0.25, 0.3) is 22.3 Å². The molecule has 11 heteroatoms. The molecule has 29 heavy (non-hydrogen) atoms. The fourth-order valence-electron chi connectivity index (χ4n) is 2.65. The molecule has 3 rings (SSSR count). The van der Waals surface area contributed by atoms with Crippen LogP contribution in [0.15, 0.2) is 46.2 Å². The zero-order valence-electron chi connectivity index (χ0n) is 14.8. The molecule has 0 atom stereocenters. The molecule has 0 radical (unpaired) electrons. The third-order valence-electron chi connectivity index (χ3n) is 4.01. The van der Waals surface area contributed by atoms with Crippen molar-refractivity contribution < 1.29 is 22.0 Å². The fraction of sp³-hybridized carbons (Fsp3) is 0.278. The summed E-state index contributed by atoms with van der Waals surface area (Å²) >= 11 is 7.45. The second kappa shape index (κ2) is 7.91. The lowest BCUT2D eigenvalue weighted by Gasteiger charge is -2.21. The van der Waals surface area contributed by atoms with E-state index in [0.717, 1.165) is 22.9 Å². The Balaban J connectivity index is 2.13. The first kappa shape index (κ1) is 21.5. The molecular formula is C18H13ClF5N3OS. The van der Waals surface area contributed by atoms with Crippen LogP contribution in [0.5, 0.6) is 0 Å². The van der Waals surface area contributed by atoms with Crippen molar-refractivity contribution in [1.29, 1.82) is 0 Å². The zero-order chi connectivity index (χ0) is 21.4. The van der Waals surface area contributed by atoms with Crippen LogP contribution in [-0.4, -0.2) is 32.4 Å². The number of hydrogen-bond acceptors (Lipinski definition) is 4. The van der Waals surface area contributed by atoms with Gasteiger partial charge in [0.15, 0.2) is 0 Å². The van der Waals surface area contributed by atoms with E-state index in [1.165, 1.54) is 23.9 Å². The molecule has 0 amide bonds. The number of hydrogen-bond donors (Lipinski definition) is 0. The van der Waals surface area contributed by atoms with Gasteiger partial charge in [0.25, 0.3) is 5.56 Å². The van der Waals surface area contributed by atoms with Gasteiger partial charge in [-0.15, -0.1) is 11.8 Å². The lowest BCUT2D eigenvalue weighted by Crippen LogP contribution is -2.42. The summed E-state index contributed by atoms with van der Waals surface area (Å²) in [7, 11) is 0. The first-order valence-corrected chi connectivity index (χ1v) is 9.63. The summed E-state index contributed by atoms with van der Waals surface area (Å²) in [6, 6.07) is 7.11. The predicted molar refractivity (Wildman–Crippen MR) is 102 cm³/mol. The lowest BCUT2D eigenvalue weighted by molar-refractivity contribution is -0.286. The number of alkyl halides is 5. The van der Waals surface area contributed by atoms with E-state index in [-0.39, 0.29) is 16.1 Å². The molecule has 0 N–H and O–H groups in total. The average Bonchev–Trinajstić information content (AvgIpc) is 2.64. The highest BCUT2D eigenvalue weighted by Gasteiger charge is 2.57. The number of nitrogens with zero attached hydrogens (tertiary/aromatic N) is 3. The van der Waals surface area contributed by atoms with Gasteiger partial charge in [-0.2, -0.15) is 22.0 Å². The molecule has 4 nitrogen and oxygen atoms in total. The van der Waals surface area contributed by atoms with Crippen LogP contribution >= 0.6 is 23.4 Å². The van der Waals surface area contributed by atoms with Crippen LogP contribution in [0.2, 0.25) is 5.15 Å². The molecule has 0 aliphatic carbocycles. The van der Waals surface area contributed by atoms with Crippen LogP contribution in [0, 0.1) is 0 Å². The summed E-state index contributed by atoms with van der Waals surface area (Å²) < 4.78 is 65.2. The largest absolute Gasteiger partial charge is 0.455 e. The van der Waals surface area contributed by atoms with E-state index < -0.39 is 24.2 Å². The summed E-state index contributed by atoms with van der Waals surface area (Å²) in [5.41, 5.74) is -0.329. The summed E-state index contributed by atoms with van der Waals surface area (Å²) in [5, 5.41) is 0.485. The molecule has 154 valence electrons. The Labute approximate surface area is 170 Å². The number of pyridine rings is 3. The average molecular weight is 450 g/mol. The van der Waals surface area contributed by atoms with E-state index in [2.05, 4.69) is 9.97 Å². The van der Waals surface area contributed by atoms with Crippen molar-refractivity contribution in [3.63, 3.8) is 0 Å². The van der Waals surface area contributed by atoms with E-state index in [0.29, 0.717) is 16.0 Å². The van der Waals surface area contributed by atoms with Crippen molar-refractivity contribution in [3.8, 4) is 11.4 Å². The molecule has 0 unspecified atom stereocenters. The minimum absolute atomic E-state index is 0.142. The molecule has 0 aliphatic heterocycles. The highest BCUT2D eigenvalue weighted by molar-refractivity contribution is 7.99. The molecule has 0 aromatic carbocycles. The highest BCUT2D eigenvalue weighted by Crippen LogP contribution is 2.37. The quantitative estimate of drug-likeness (QED) is 0.296. The maximum absolute atomic E-state index is 13.5. The van der Waals surface area contributed by atoms with Crippen molar-refractivity contribution in [2.75, 3.05) is 5.75 Å². The predicted octanol–water partition coefficient (Wildman–Crippen LogP) is 5.42.